The van der Waals surface area contributed by atoms with Crippen LogP contribution >= 0.6 is 0 Å². The first kappa shape index (κ1) is 19.2. The van der Waals surface area contributed by atoms with Gasteiger partial charge in [0.1, 0.15) is 5.78 Å². The third-order valence-electron chi connectivity index (χ3n) is 5.23. The van der Waals surface area contributed by atoms with E-state index in [1.54, 1.807) is 0 Å². The van der Waals surface area contributed by atoms with E-state index in [2.05, 4.69) is 31.2 Å². The molecule has 2 atom stereocenters. The van der Waals surface area contributed by atoms with Crippen LogP contribution in [0.3, 0.4) is 0 Å². The van der Waals surface area contributed by atoms with Gasteiger partial charge in [-0.25, -0.2) is 0 Å². The summed E-state index contributed by atoms with van der Waals surface area (Å²) in [5.74, 6) is 0.295. The number of Topliss-reactive ketones (excluding diaryl/α,β-unsaturated/α-hetero) is 1. The van der Waals surface area contributed by atoms with E-state index in [9.17, 15) is 4.79 Å². The number of aryl methyl sites for hydroxylation is 1. The van der Waals surface area contributed by atoms with E-state index in [0.717, 1.165) is 31.4 Å². The van der Waals surface area contributed by atoms with Crippen molar-refractivity contribution in [3.8, 4) is 0 Å². The molecule has 0 spiro atoms. The van der Waals surface area contributed by atoms with Gasteiger partial charge in [0.25, 0.3) is 0 Å². The van der Waals surface area contributed by atoms with E-state index in [4.69, 9.17) is 4.74 Å². The topological polar surface area (TPSA) is 26.3 Å². The fraction of sp³-hybridized carbons (Fsp3) is 0.682. The highest BCUT2D eigenvalue weighted by Gasteiger charge is 2.22. The van der Waals surface area contributed by atoms with Crippen LogP contribution in [0.25, 0.3) is 0 Å². The number of benzene rings is 1. The SMILES string of the molecule is CCCCCCCc1ccc(C(C)C(=O)CC2CCCCO2)cc1. The summed E-state index contributed by atoms with van der Waals surface area (Å²) in [7, 11) is 0. The Labute approximate surface area is 148 Å². The zero-order valence-corrected chi connectivity index (χ0v) is 15.6. The summed E-state index contributed by atoms with van der Waals surface area (Å²) in [6, 6.07) is 8.70. The van der Waals surface area contributed by atoms with E-state index >= 15 is 0 Å². The molecule has 2 heteroatoms. The first-order valence-corrected chi connectivity index (χ1v) is 9.94. The molecule has 0 N–H and O–H groups in total. The summed E-state index contributed by atoms with van der Waals surface area (Å²) < 4.78 is 5.71. The van der Waals surface area contributed by atoms with Crippen LogP contribution < -0.4 is 0 Å². The molecular formula is C22H34O2. The van der Waals surface area contributed by atoms with Gasteiger partial charge in [0.05, 0.1) is 6.10 Å². The molecule has 0 amide bonds. The second-order valence-electron chi connectivity index (χ2n) is 7.29. The molecule has 1 saturated heterocycles. The van der Waals surface area contributed by atoms with Crippen molar-refractivity contribution in [2.75, 3.05) is 6.61 Å². The number of unbranched alkanes of at least 4 members (excludes halogenated alkanes) is 4. The van der Waals surface area contributed by atoms with Gasteiger partial charge in [-0.05, 0) is 43.2 Å². The van der Waals surface area contributed by atoms with Crippen molar-refractivity contribution >= 4 is 5.78 Å². The van der Waals surface area contributed by atoms with Crippen molar-refractivity contribution in [3.05, 3.63) is 35.4 Å². The molecule has 134 valence electrons. The second kappa shape index (κ2) is 10.7. The maximum absolute atomic E-state index is 12.5. The first-order chi connectivity index (χ1) is 11.7. The van der Waals surface area contributed by atoms with Crippen LogP contribution in [0.15, 0.2) is 24.3 Å². The Morgan fingerprint density at radius 3 is 2.54 bits per heavy atom. The number of carbonyl (C=O) groups is 1. The van der Waals surface area contributed by atoms with E-state index < -0.39 is 0 Å². The number of ketones is 1. The molecule has 1 fully saturated rings. The van der Waals surface area contributed by atoms with E-state index in [1.807, 2.05) is 6.92 Å². The Morgan fingerprint density at radius 1 is 1.12 bits per heavy atom. The van der Waals surface area contributed by atoms with Crippen molar-refractivity contribution in [3.63, 3.8) is 0 Å². The molecule has 0 bridgehead atoms. The second-order valence-corrected chi connectivity index (χ2v) is 7.29. The molecular weight excluding hydrogens is 296 g/mol. The molecule has 0 saturated carbocycles. The zero-order valence-electron chi connectivity index (χ0n) is 15.6. The molecule has 1 aromatic rings. The molecule has 2 rings (SSSR count). The normalized spacial score (nSPS) is 19.2. The molecule has 2 unspecified atom stereocenters. The van der Waals surface area contributed by atoms with Crippen molar-refractivity contribution in [1.29, 1.82) is 0 Å². The average Bonchev–Trinajstić information content (AvgIpc) is 2.62. The lowest BCUT2D eigenvalue weighted by Crippen LogP contribution is -2.24. The van der Waals surface area contributed by atoms with Gasteiger partial charge < -0.3 is 4.74 Å². The van der Waals surface area contributed by atoms with Crippen molar-refractivity contribution in [2.24, 2.45) is 0 Å². The lowest BCUT2D eigenvalue weighted by molar-refractivity contribution is -0.123. The molecule has 1 aliphatic heterocycles. The molecule has 1 aliphatic rings. The highest BCUT2D eigenvalue weighted by atomic mass is 16.5. The Morgan fingerprint density at radius 2 is 1.88 bits per heavy atom. The molecule has 0 aliphatic carbocycles. The Balaban J connectivity index is 1.77. The standard InChI is InChI=1S/C22H34O2/c1-3-4-5-6-7-10-19-12-14-20(15-13-19)18(2)22(23)17-21-11-8-9-16-24-21/h12-15,18,21H,3-11,16-17H2,1-2H3. The maximum Gasteiger partial charge on any atom is 0.142 e. The minimum Gasteiger partial charge on any atom is -0.378 e. The summed E-state index contributed by atoms with van der Waals surface area (Å²) in [4.78, 5) is 12.5. The fourth-order valence-corrected chi connectivity index (χ4v) is 3.46. The summed E-state index contributed by atoms with van der Waals surface area (Å²) >= 11 is 0. The number of hydrogen-bond donors (Lipinski definition) is 0. The van der Waals surface area contributed by atoms with Gasteiger partial charge in [-0.2, -0.15) is 0 Å². The third kappa shape index (κ3) is 6.39. The van der Waals surface area contributed by atoms with Crippen LogP contribution in [0.4, 0.5) is 0 Å². The summed E-state index contributed by atoms with van der Waals surface area (Å²) in [6.45, 7) is 5.10. The number of rotatable bonds is 10. The van der Waals surface area contributed by atoms with E-state index in [-0.39, 0.29) is 12.0 Å². The van der Waals surface area contributed by atoms with Gasteiger partial charge >= 0.3 is 0 Å². The molecule has 2 nitrogen and oxygen atoms in total. The average molecular weight is 331 g/mol. The molecule has 0 aromatic heterocycles. The van der Waals surface area contributed by atoms with Gasteiger partial charge in [0.15, 0.2) is 0 Å². The Kier molecular flexibility index (Phi) is 8.52. The third-order valence-corrected chi connectivity index (χ3v) is 5.23. The molecule has 1 aromatic carbocycles. The number of ether oxygens (including phenoxy) is 1. The lowest BCUT2D eigenvalue weighted by atomic mass is 9.91. The minimum absolute atomic E-state index is 0.0193. The van der Waals surface area contributed by atoms with Crippen molar-refractivity contribution in [2.45, 2.75) is 90.1 Å². The monoisotopic (exact) mass is 330 g/mol. The number of carbonyl (C=O) groups excluding carboxylic acids is 1. The van der Waals surface area contributed by atoms with E-state index in [0.29, 0.717) is 12.2 Å². The summed E-state index contributed by atoms with van der Waals surface area (Å²) in [5, 5.41) is 0. The van der Waals surface area contributed by atoms with Gasteiger partial charge in [0.2, 0.25) is 0 Å². The first-order valence-electron chi connectivity index (χ1n) is 9.94. The lowest BCUT2D eigenvalue weighted by Gasteiger charge is -2.23. The van der Waals surface area contributed by atoms with Crippen LogP contribution in [0.1, 0.15) is 88.7 Å². The van der Waals surface area contributed by atoms with Gasteiger partial charge in [-0.1, -0.05) is 63.8 Å². The Bertz CT molecular complexity index is 471. The predicted molar refractivity (Wildman–Crippen MR) is 101 cm³/mol. The van der Waals surface area contributed by atoms with Gasteiger partial charge in [-0.3, -0.25) is 4.79 Å². The van der Waals surface area contributed by atoms with Gasteiger partial charge in [-0.15, -0.1) is 0 Å². The quantitative estimate of drug-likeness (QED) is 0.504. The summed E-state index contributed by atoms with van der Waals surface area (Å²) in [5.41, 5.74) is 2.54. The molecule has 24 heavy (non-hydrogen) atoms. The van der Waals surface area contributed by atoms with E-state index in [1.165, 1.54) is 44.1 Å². The predicted octanol–water partition coefficient (Wildman–Crippen LogP) is 5.83. The fourth-order valence-electron chi connectivity index (χ4n) is 3.46. The van der Waals surface area contributed by atoms with Crippen LogP contribution in [0, 0.1) is 0 Å². The van der Waals surface area contributed by atoms with Crippen molar-refractivity contribution in [1.82, 2.24) is 0 Å². The van der Waals surface area contributed by atoms with Crippen LogP contribution in [0.2, 0.25) is 0 Å². The van der Waals surface area contributed by atoms with Crippen molar-refractivity contribution < 1.29 is 9.53 Å². The maximum atomic E-state index is 12.5. The number of hydrogen-bond acceptors (Lipinski definition) is 2. The summed E-state index contributed by atoms with van der Waals surface area (Å²) in [6.07, 6.45) is 11.8. The van der Waals surface area contributed by atoms with Crippen LogP contribution in [-0.2, 0) is 16.0 Å². The molecule has 0 radical (unpaired) electrons. The molecule has 1 heterocycles. The van der Waals surface area contributed by atoms with Crippen LogP contribution in [-0.4, -0.2) is 18.5 Å². The largest absolute Gasteiger partial charge is 0.378 e. The minimum atomic E-state index is -0.0193. The Hall–Kier alpha value is -1.15. The zero-order chi connectivity index (χ0) is 17.2. The smallest absolute Gasteiger partial charge is 0.142 e. The van der Waals surface area contributed by atoms with Crippen LogP contribution in [0.5, 0.6) is 0 Å². The highest BCUT2D eigenvalue weighted by molar-refractivity contribution is 5.85. The highest BCUT2D eigenvalue weighted by Crippen LogP contribution is 2.23. The van der Waals surface area contributed by atoms with Gasteiger partial charge in [0, 0.05) is 18.9 Å².